The maximum Gasteiger partial charge on any atom is 0.0234 e. The lowest BCUT2D eigenvalue weighted by Gasteiger charge is -2.24. The van der Waals surface area contributed by atoms with Crippen LogP contribution in [0.15, 0.2) is 28.7 Å². The number of benzene rings is 1. The molecular weight excluding hydrogens is 288 g/mol. The first-order valence-electron chi connectivity index (χ1n) is 7.01. The number of nitrogens with one attached hydrogen (secondary N) is 1. The van der Waals surface area contributed by atoms with Crippen molar-refractivity contribution >= 4 is 15.9 Å². The van der Waals surface area contributed by atoms with E-state index >= 15 is 0 Å². The van der Waals surface area contributed by atoms with Crippen molar-refractivity contribution < 1.29 is 0 Å². The maximum absolute atomic E-state index is 3.72. The minimum absolute atomic E-state index is 0.739. The Kier molecular flexibility index (Phi) is 4.02. The van der Waals surface area contributed by atoms with Crippen molar-refractivity contribution in [3.63, 3.8) is 0 Å². The zero-order chi connectivity index (χ0) is 12.4. The zero-order valence-electron chi connectivity index (χ0n) is 10.7. The molecule has 1 heterocycles. The van der Waals surface area contributed by atoms with Gasteiger partial charge in [0.1, 0.15) is 0 Å². The van der Waals surface area contributed by atoms with Gasteiger partial charge in [0.05, 0.1) is 0 Å². The number of nitrogens with zero attached hydrogens (tertiary/aromatic N) is 1. The zero-order valence-corrected chi connectivity index (χ0v) is 12.3. The summed E-state index contributed by atoms with van der Waals surface area (Å²) >= 11 is 3.50. The average Bonchev–Trinajstić information content (AvgIpc) is 3.18. The highest BCUT2D eigenvalue weighted by Crippen LogP contribution is 2.33. The van der Waals surface area contributed by atoms with Gasteiger partial charge in [0, 0.05) is 23.6 Å². The quantitative estimate of drug-likeness (QED) is 0.923. The van der Waals surface area contributed by atoms with Gasteiger partial charge in [0.15, 0.2) is 0 Å². The maximum atomic E-state index is 3.72. The first-order chi connectivity index (χ1) is 8.81. The first kappa shape index (κ1) is 12.6. The van der Waals surface area contributed by atoms with Gasteiger partial charge in [0.25, 0.3) is 0 Å². The highest BCUT2D eigenvalue weighted by Gasteiger charge is 2.32. The molecular formula is C15H21BrN2. The molecule has 0 spiro atoms. The van der Waals surface area contributed by atoms with E-state index in [4.69, 9.17) is 0 Å². The monoisotopic (exact) mass is 308 g/mol. The number of rotatable bonds is 3. The summed E-state index contributed by atoms with van der Waals surface area (Å²) in [6.07, 6.45) is 4.15. The van der Waals surface area contributed by atoms with E-state index in [1.165, 1.54) is 48.9 Å². The summed E-state index contributed by atoms with van der Waals surface area (Å²) in [7, 11) is 0. The van der Waals surface area contributed by atoms with Crippen molar-refractivity contribution in [2.45, 2.75) is 31.8 Å². The second-order valence-corrected chi connectivity index (χ2v) is 6.53. The molecule has 1 saturated heterocycles. The molecule has 0 aromatic heterocycles. The van der Waals surface area contributed by atoms with Crippen LogP contribution >= 0.6 is 15.9 Å². The number of hydrogen-bond donors (Lipinski definition) is 1. The standard InChI is InChI=1S/C15H21BrN2/c16-14-6-2-12(3-7-14)10-18-9-1-8-17-15(11-18)13-4-5-13/h2-3,6-7,13,15,17H,1,4-5,8-11H2. The molecule has 18 heavy (non-hydrogen) atoms. The van der Waals surface area contributed by atoms with Crippen molar-refractivity contribution in [2.75, 3.05) is 19.6 Å². The SMILES string of the molecule is Brc1ccc(CN2CCCNC(C3CC3)C2)cc1. The molecule has 1 unspecified atom stereocenters. The predicted molar refractivity (Wildman–Crippen MR) is 78.6 cm³/mol. The Labute approximate surface area is 118 Å². The fourth-order valence-electron chi connectivity index (χ4n) is 2.83. The van der Waals surface area contributed by atoms with Crippen LogP contribution in [0.25, 0.3) is 0 Å². The molecule has 1 aliphatic carbocycles. The van der Waals surface area contributed by atoms with Crippen LogP contribution < -0.4 is 5.32 Å². The molecule has 1 aliphatic heterocycles. The minimum Gasteiger partial charge on any atom is -0.312 e. The van der Waals surface area contributed by atoms with E-state index in [9.17, 15) is 0 Å². The van der Waals surface area contributed by atoms with E-state index in [1.807, 2.05) is 0 Å². The molecule has 2 aliphatic rings. The lowest BCUT2D eigenvalue weighted by Crippen LogP contribution is -2.38. The Morgan fingerprint density at radius 2 is 2.00 bits per heavy atom. The van der Waals surface area contributed by atoms with Gasteiger partial charge in [0.2, 0.25) is 0 Å². The molecule has 2 fully saturated rings. The van der Waals surface area contributed by atoms with Crippen molar-refractivity contribution in [3.8, 4) is 0 Å². The largest absolute Gasteiger partial charge is 0.312 e. The van der Waals surface area contributed by atoms with Gasteiger partial charge in [-0.3, -0.25) is 4.90 Å². The van der Waals surface area contributed by atoms with Crippen molar-refractivity contribution in [3.05, 3.63) is 34.3 Å². The summed E-state index contributed by atoms with van der Waals surface area (Å²) in [5.41, 5.74) is 1.43. The van der Waals surface area contributed by atoms with Crippen LogP contribution in [0.3, 0.4) is 0 Å². The second kappa shape index (κ2) is 5.72. The Balaban J connectivity index is 1.61. The summed E-state index contributed by atoms with van der Waals surface area (Å²) in [5.74, 6) is 0.954. The molecule has 1 aromatic rings. The van der Waals surface area contributed by atoms with Crippen LogP contribution in [0.4, 0.5) is 0 Å². The lowest BCUT2D eigenvalue weighted by molar-refractivity contribution is 0.251. The fourth-order valence-corrected chi connectivity index (χ4v) is 3.09. The smallest absolute Gasteiger partial charge is 0.0234 e. The summed E-state index contributed by atoms with van der Waals surface area (Å²) in [4.78, 5) is 2.62. The van der Waals surface area contributed by atoms with Crippen LogP contribution in [-0.2, 0) is 6.54 Å². The fraction of sp³-hybridized carbons (Fsp3) is 0.600. The van der Waals surface area contributed by atoms with Gasteiger partial charge in [-0.1, -0.05) is 28.1 Å². The Morgan fingerprint density at radius 1 is 1.22 bits per heavy atom. The second-order valence-electron chi connectivity index (χ2n) is 5.61. The van der Waals surface area contributed by atoms with Crippen molar-refractivity contribution in [1.82, 2.24) is 10.2 Å². The van der Waals surface area contributed by atoms with Crippen LogP contribution in [0.1, 0.15) is 24.8 Å². The number of hydrogen-bond acceptors (Lipinski definition) is 2. The van der Waals surface area contributed by atoms with E-state index in [0.29, 0.717) is 0 Å². The number of halogens is 1. The van der Waals surface area contributed by atoms with E-state index in [1.54, 1.807) is 0 Å². The molecule has 1 atom stereocenters. The Bertz CT molecular complexity index is 386. The summed E-state index contributed by atoms with van der Waals surface area (Å²) in [6.45, 7) is 4.74. The molecule has 3 heteroatoms. The van der Waals surface area contributed by atoms with Crippen LogP contribution in [0, 0.1) is 5.92 Å². The third-order valence-corrected chi connectivity index (χ3v) is 4.55. The average molecular weight is 309 g/mol. The van der Waals surface area contributed by atoms with E-state index in [0.717, 1.165) is 18.5 Å². The highest BCUT2D eigenvalue weighted by molar-refractivity contribution is 9.10. The molecule has 0 amide bonds. The molecule has 3 rings (SSSR count). The van der Waals surface area contributed by atoms with Gasteiger partial charge in [-0.2, -0.15) is 0 Å². The molecule has 1 saturated carbocycles. The third kappa shape index (κ3) is 3.34. The molecule has 98 valence electrons. The highest BCUT2D eigenvalue weighted by atomic mass is 79.9. The van der Waals surface area contributed by atoms with Crippen LogP contribution in [0.2, 0.25) is 0 Å². The minimum atomic E-state index is 0.739. The van der Waals surface area contributed by atoms with Crippen LogP contribution in [0.5, 0.6) is 0 Å². The summed E-state index contributed by atoms with van der Waals surface area (Å²) in [6, 6.07) is 9.49. The van der Waals surface area contributed by atoms with Crippen LogP contribution in [-0.4, -0.2) is 30.6 Å². The van der Waals surface area contributed by atoms with Crippen molar-refractivity contribution in [2.24, 2.45) is 5.92 Å². The topological polar surface area (TPSA) is 15.3 Å². The lowest BCUT2D eigenvalue weighted by atomic mass is 10.1. The van der Waals surface area contributed by atoms with Gasteiger partial charge in [-0.25, -0.2) is 0 Å². The van der Waals surface area contributed by atoms with Gasteiger partial charge in [-0.15, -0.1) is 0 Å². The Morgan fingerprint density at radius 3 is 2.72 bits per heavy atom. The molecule has 1 N–H and O–H groups in total. The van der Waals surface area contributed by atoms with Gasteiger partial charge >= 0.3 is 0 Å². The van der Waals surface area contributed by atoms with Gasteiger partial charge < -0.3 is 5.32 Å². The van der Waals surface area contributed by atoms with E-state index in [2.05, 4.69) is 50.4 Å². The summed E-state index contributed by atoms with van der Waals surface area (Å²) < 4.78 is 1.17. The Hall–Kier alpha value is -0.380. The van der Waals surface area contributed by atoms with Crippen molar-refractivity contribution in [1.29, 1.82) is 0 Å². The molecule has 1 aromatic carbocycles. The summed E-state index contributed by atoms with van der Waals surface area (Å²) in [5, 5.41) is 3.72. The molecule has 0 radical (unpaired) electrons. The molecule has 2 nitrogen and oxygen atoms in total. The normalized spacial score (nSPS) is 25.9. The molecule has 0 bridgehead atoms. The van der Waals surface area contributed by atoms with Gasteiger partial charge in [-0.05, 0) is 56.0 Å². The third-order valence-electron chi connectivity index (χ3n) is 4.02. The van der Waals surface area contributed by atoms with E-state index in [-0.39, 0.29) is 0 Å². The first-order valence-corrected chi connectivity index (χ1v) is 7.81. The van der Waals surface area contributed by atoms with E-state index < -0.39 is 0 Å². The predicted octanol–water partition coefficient (Wildman–Crippen LogP) is 3.02.